The largest absolute Gasteiger partial charge is 0.311 e. The summed E-state index contributed by atoms with van der Waals surface area (Å²) in [6.07, 6.45) is 7.24. The standard InChI is InChI=1S/C7H13N.5CH4/c1-3-7(4-1)5-2-6-8-7;;;;;/h8H,1-6H2;5*1H4. The molecule has 1 aliphatic carbocycles. The molecule has 1 saturated carbocycles. The molecular formula is C12H33N. The van der Waals surface area contributed by atoms with Gasteiger partial charge in [0.1, 0.15) is 0 Å². The summed E-state index contributed by atoms with van der Waals surface area (Å²) in [6, 6.07) is 0. The Labute approximate surface area is 87.3 Å². The van der Waals surface area contributed by atoms with E-state index in [1.807, 2.05) is 0 Å². The van der Waals surface area contributed by atoms with Gasteiger partial charge in [0.05, 0.1) is 0 Å². The van der Waals surface area contributed by atoms with Crippen LogP contribution in [0, 0.1) is 0 Å². The van der Waals surface area contributed by atoms with Gasteiger partial charge in [0, 0.05) is 5.54 Å². The van der Waals surface area contributed by atoms with E-state index >= 15 is 0 Å². The van der Waals surface area contributed by atoms with Crippen LogP contribution in [0.1, 0.15) is 69.2 Å². The SMILES string of the molecule is C.C.C.C.C.C1CNC2(C1)CCC2. The van der Waals surface area contributed by atoms with Gasteiger partial charge in [-0.15, -0.1) is 0 Å². The van der Waals surface area contributed by atoms with Gasteiger partial charge in [-0.05, 0) is 38.6 Å². The monoisotopic (exact) mass is 191 g/mol. The minimum absolute atomic E-state index is 0. The normalized spacial score (nSPS) is 20.3. The molecule has 0 aromatic carbocycles. The smallest absolute Gasteiger partial charge is 0.0182 e. The number of hydrogen-bond acceptors (Lipinski definition) is 1. The Morgan fingerprint density at radius 1 is 0.692 bits per heavy atom. The van der Waals surface area contributed by atoms with E-state index in [1.54, 1.807) is 0 Å². The van der Waals surface area contributed by atoms with Crippen LogP contribution < -0.4 is 5.32 Å². The van der Waals surface area contributed by atoms with Crippen molar-refractivity contribution in [2.75, 3.05) is 6.54 Å². The van der Waals surface area contributed by atoms with Crippen LogP contribution in [0.3, 0.4) is 0 Å². The summed E-state index contributed by atoms with van der Waals surface area (Å²) in [5.74, 6) is 0. The van der Waals surface area contributed by atoms with E-state index < -0.39 is 0 Å². The van der Waals surface area contributed by atoms with E-state index in [1.165, 1.54) is 38.6 Å². The van der Waals surface area contributed by atoms with Crippen molar-refractivity contribution in [1.82, 2.24) is 5.32 Å². The first-order valence-electron chi connectivity index (χ1n) is 3.66. The zero-order valence-corrected chi connectivity index (χ0v) is 5.24. The zero-order valence-electron chi connectivity index (χ0n) is 5.24. The molecule has 1 nitrogen and oxygen atoms in total. The van der Waals surface area contributed by atoms with E-state index in [9.17, 15) is 0 Å². The van der Waals surface area contributed by atoms with E-state index in [4.69, 9.17) is 0 Å². The molecule has 2 aliphatic rings. The van der Waals surface area contributed by atoms with Gasteiger partial charge in [-0.25, -0.2) is 0 Å². The average molecular weight is 191 g/mol. The molecule has 0 aromatic heterocycles. The van der Waals surface area contributed by atoms with Crippen molar-refractivity contribution in [1.29, 1.82) is 0 Å². The Morgan fingerprint density at radius 2 is 1.15 bits per heavy atom. The molecule has 2 fully saturated rings. The zero-order chi connectivity index (χ0) is 5.45. The van der Waals surface area contributed by atoms with Gasteiger partial charge in [0.2, 0.25) is 0 Å². The Kier molecular flexibility index (Phi) is 15.2. The van der Waals surface area contributed by atoms with E-state index in [0.717, 1.165) is 0 Å². The van der Waals surface area contributed by atoms with Crippen LogP contribution in [-0.4, -0.2) is 12.1 Å². The van der Waals surface area contributed by atoms with Crippen molar-refractivity contribution in [3.63, 3.8) is 0 Å². The fraction of sp³-hybridized carbons (Fsp3) is 1.00. The Balaban J connectivity index is -0.0000000810. The third-order valence-electron chi connectivity index (χ3n) is 2.64. The lowest BCUT2D eigenvalue weighted by atomic mass is 9.76. The molecule has 1 saturated heterocycles. The van der Waals surface area contributed by atoms with Gasteiger partial charge in [0.25, 0.3) is 0 Å². The molecule has 86 valence electrons. The van der Waals surface area contributed by atoms with Crippen LogP contribution in [0.15, 0.2) is 0 Å². The molecule has 1 heteroatoms. The van der Waals surface area contributed by atoms with Crippen molar-refractivity contribution in [2.24, 2.45) is 0 Å². The minimum Gasteiger partial charge on any atom is -0.311 e. The second-order valence-corrected chi connectivity index (χ2v) is 3.16. The summed E-state index contributed by atoms with van der Waals surface area (Å²) >= 11 is 0. The molecule has 1 aliphatic heterocycles. The maximum atomic E-state index is 3.57. The van der Waals surface area contributed by atoms with Crippen molar-refractivity contribution < 1.29 is 0 Å². The lowest BCUT2D eigenvalue weighted by molar-refractivity contribution is 0.216. The third-order valence-corrected chi connectivity index (χ3v) is 2.64. The maximum Gasteiger partial charge on any atom is 0.0182 e. The lowest BCUT2D eigenvalue weighted by Crippen LogP contribution is -2.45. The molecule has 2 rings (SSSR count). The topological polar surface area (TPSA) is 12.0 Å². The molecule has 0 aromatic rings. The van der Waals surface area contributed by atoms with Gasteiger partial charge >= 0.3 is 0 Å². The molecule has 0 amide bonds. The predicted molar refractivity (Wildman–Crippen MR) is 67.5 cm³/mol. The van der Waals surface area contributed by atoms with Crippen LogP contribution in [0.25, 0.3) is 0 Å². The minimum atomic E-state index is 0. The van der Waals surface area contributed by atoms with Crippen molar-refractivity contribution in [3.05, 3.63) is 0 Å². The van der Waals surface area contributed by atoms with Crippen LogP contribution in [0.2, 0.25) is 0 Å². The third kappa shape index (κ3) is 4.12. The highest BCUT2D eigenvalue weighted by atomic mass is 15.0. The first-order chi connectivity index (χ1) is 3.91. The van der Waals surface area contributed by atoms with Crippen molar-refractivity contribution in [3.8, 4) is 0 Å². The first-order valence-corrected chi connectivity index (χ1v) is 3.66. The first kappa shape index (κ1) is 23.1. The summed E-state index contributed by atoms with van der Waals surface area (Å²) in [6.45, 7) is 1.28. The molecule has 0 bridgehead atoms. The molecule has 13 heavy (non-hydrogen) atoms. The summed E-state index contributed by atoms with van der Waals surface area (Å²) in [5, 5.41) is 3.57. The predicted octanol–water partition coefficient (Wildman–Crippen LogP) is 4.47. The van der Waals surface area contributed by atoms with Gasteiger partial charge < -0.3 is 5.32 Å². The van der Waals surface area contributed by atoms with E-state index in [2.05, 4.69) is 5.32 Å². The van der Waals surface area contributed by atoms with Crippen LogP contribution in [0.4, 0.5) is 0 Å². The molecule has 1 heterocycles. The second kappa shape index (κ2) is 8.55. The highest BCUT2D eigenvalue weighted by Crippen LogP contribution is 2.38. The summed E-state index contributed by atoms with van der Waals surface area (Å²) in [4.78, 5) is 0. The molecule has 0 unspecified atom stereocenters. The summed E-state index contributed by atoms with van der Waals surface area (Å²) in [5.41, 5.74) is 0.667. The molecule has 0 radical (unpaired) electrons. The molecule has 1 spiro atoms. The fourth-order valence-corrected chi connectivity index (χ4v) is 1.90. The summed E-state index contributed by atoms with van der Waals surface area (Å²) < 4.78 is 0. The van der Waals surface area contributed by atoms with Crippen molar-refractivity contribution >= 4 is 0 Å². The van der Waals surface area contributed by atoms with Crippen LogP contribution in [-0.2, 0) is 0 Å². The molecule has 1 N–H and O–H groups in total. The fourth-order valence-electron chi connectivity index (χ4n) is 1.90. The Bertz CT molecular complexity index is 87.3. The van der Waals surface area contributed by atoms with Gasteiger partial charge in [-0.2, -0.15) is 0 Å². The van der Waals surface area contributed by atoms with E-state index in [-0.39, 0.29) is 37.1 Å². The number of nitrogens with one attached hydrogen (secondary N) is 1. The summed E-state index contributed by atoms with van der Waals surface area (Å²) in [7, 11) is 0. The number of hydrogen-bond donors (Lipinski definition) is 1. The molecular weight excluding hydrogens is 158 g/mol. The van der Waals surface area contributed by atoms with Crippen molar-refractivity contribution in [2.45, 2.75) is 74.8 Å². The Morgan fingerprint density at radius 3 is 1.31 bits per heavy atom. The van der Waals surface area contributed by atoms with E-state index in [0.29, 0.717) is 5.54 Å². The van der Waals surface area contributed by atoms with Gasteiger partial charge in [-0.1, -0.05) is 37.1 Å². The van der Waals surface area contributed by atoms with Gasteiger partial charge in [-0.3, -0.25) is 0 Å². The van der Waals surface area contributed by atoms with Crippen LogP contribution >= 0.6 is 0 Å². The average Bonchev–Trinajstić information content (AvgIpc) is 2.07. The highest BCUT2D eigenvalue weighted by Gasteiger charge is 2.38. The molecule has 0 atom stereocenters. The number of rotatable bonds is 0. The quantitative estimate of drug-likeness (QED) is 0.595. The van der Waals surface area contributed by atoms with Crippen LogP contribution in [0.5, 0.6) is 0 Å². The second-order valence-electron chi connectivity index (χ2n) is 3.16. The Hall–Kier alpha value is -0.0400. The maximum absolute atomic E-state index is 3.57. The lowest BCUT2D eigenvalue weighted by Gasteiger charge is -2.38. The highest BCUT2D eigenvalue weighted by molar-refractivity contribution is 4.99. The van der Waals surface area contributed by atoms with Gasteiger partial charge in [0.15, 0.2) is 0 Å².